The molecule has 0 saturated heterocycles. The molecule has 2 nitrogen and oxygen atoms in total. The Morgan fingerprint density at radius 1 is 0.727 bits per heavy atom. The van der Waals surface area contributed by atoms with Gasteiger partial charge < -0.3 is 9.47 Å². The van der Waals surface area contributed by atoms with Gasteiger partial charge in [0.1, 0.15) is 11.5 Å². The van der Waals surface area contributed by atoms with Crippen LogP contribution in [-0.2, 0) is 0 Å². The summed E-state index contributed by atoms with van der Waals surface area (Å²) >= 11 is 0. The molecule has 0 radical (unpaired) electrons. The number of hydrogen-bond acceptors (Lipinski definition) is 2. The molecule has 0 aliphatic heterocycles. The summed E-state index contributed by atoms with van der Waals surface area (Å²) in [5.41, 5.74) is 2.60. The second-order valence-corrected chi connectivity index (χ2v) is 5.83. The molecule has 2 aromatic rings. The summed E-state index contributed by atoms with van der Waals surface area (Å²) in [6.45, 7) is 8.68. The molecule has 0 saturated carbocycles. The molecule has 2 rings (SSSR count). The van der Waals surface area contributed by atoms with Gasteiger partial charge in [0.15, 0.2) is 0 Å². The standard InChI is InChI=1S/2C10H14O/c1-8(2)9-5-4-6-10(7-9)11-3;1-8(2)9-6-4-5-7-10(9)11-3/h2*4-8H,1-3H3. The van der Waals surface area contributed by atoms with E-state index in [0.717, 1.165) is 11.5 Å². The van der Waals surface area contributed by atoms with E-state index in [1.54, 1.807) is 14.2 Å². The lowest BCUT2D eigenvalue weighted by Gasteiger charge is -2.10. The zero-order valence-electron chi connectivity index (χ0n) is 14.6. The Morgan fingerprint density at radius 3 is 1.91 bits per heavy atom. The van der Waals surface area contributed by atoms with Crippen molar-refractivity contribution in [3.63, 3.8) is 0 Å². The molecule has 120 valence electrons. The van der Waals surface area contributed by atoms with E-state index in [2.05, 4.69) is 45.9 Å². The first-order valence-corrected chi connectivity index (χ1v) is 7.76. The Bertz CT molecular complexity index is 559. The fourth-order valence-electron chi connectivity index (χ4n) is 2.14. The maximum absolute atomic E-state index is 5.21. The van der Waals surface area contributed by atoms with Crippen molar-refractivity contribution in [2.24, 2.45) is 0 Å². The van der Waals surface area contributed by atoms with Gasteiger partial charge >= 0.3 is 0 Å². The largest absolute Gasteiger partial charge is 0.497 e. The van der Waals surface area contributed by atoms with Crippen molar-refractivity contribution < 1.29 is 9.47 Å². The molecule has 2 aromatic carbocycles. The molecule has 0 fully saturated rings. The van der Waals surface area contributed by atoms with Gasteiger partial charge in [0.05, 0.1) is 14.2 Å². The molecule has 0 N–H and O–H groups in total. The van der Waals surface area contributed by atoms with E-state index in [0.29, 0.717) is 11.8 Å². The Balaban J connectivity index is 0.000000220. The van der Waals surface area contributed by atoms with Crippen molar-refractivity contribution in [3.8, 4) is 11.5 Å². The van der Waals surface area contributed by atoms with E-state index in [1.807, 2.05) is 30.3 Å². The van der Waals surface area contributed by atoms with E-state index >= 15 is 0 Å². The molecule has 0 spiro atoms. The van der Waals surface area contributed by atoms with Crippen LogP contribution in [-0.4, -0.2) is 14.2 Å². The Hall–Kier alpha value is -1.96. The van der Waals surface area contributed by atoms with E-state index in [9.17, 15) is 0 Å². The number of ether oxygens (including phenoxy) is 2. The first-order chi connectivity index (χ1) is 10.5. The minimum Gasteiger partial charge on any atom is -0.497 e. The number of hydrogen-bond donors (Lipinski definition) is 0. The summed E-state index contributed by atoms with van der Waals surface area (Å²) in [5, 5.41) is 0. The van der Waals surface area contributed by atoms with E-state index in [-0.39, 0.29) is 0 Å². The van der Waals surface area contributed by atoms with Gasteiger partial charge in [0, 0.05) is 0 Å². The maximum atomic E-state index is 5.21. The third kappa shape index (κ3) is 5.44. The SMILES string of the molecule is COc1cccc(C(C)C)c1.COc1ccccc1C(C)C. The average molecular weight is 300 g/mol. The van der Waals surface area contributed by atoms with Gasteiger partial charge in [0.25, 0.3) is 0 Å². The second kappa shape index (κ2) is 9.14. The van der Waals surface area contributed by atoms with Crippen LogP contribution in [0.4, 0.5) is 0 Å². The molecule has 0 aromatic heterocycles. The van der Waals surface area contributed by atoms with Crippen LogP contribution in [0.15, 0.2) is 48.5 Å². The zero-order valence-corrected chi connectivity index (χ0v) is 14.6. The second-order valence-electron chi connectivity index (χ2n) is 5.83. The lowest BCUT2D eigenvalue weighted by Crippen LogP contribution is -1.92. The summed E-state index contributed by atoms with van der Waals surface area (Å²) in [7, 11) is 3.40. The molecule has 22 heavy (non-hydrogen) atoms. The van der Waals surface area contributed by atoms with Crippen LogP contribution in [0.5, 0.6) is 11.5 Å². The van der Waals surface area contributed by atoms with Crippen molar-refractivity contribution in [1.29, 1.82) is 0 Å². The topological polar surface area (TPSA) is 18.5 Å². The minimum atomic E-state index is 0.533. The Morgan fingerprint density at radius 2 is 1.41 bits per heavy atom. The predicted molar refractivity (Wildman–Crippen MR) is 94.2 cm³/mol. The van der Waals surface area contributed by atoms with Crippen molar-refractivity contribution in [1.82, 2.24) is 0 Å². The van der Waals surface area contributed by atoms with Gasteiger partial charge in [-0.25, -0.2) is 0 Å². The van der Waals surface area contributed by atoms with Gasteiger partial charge in [-0.05, 0) is 41.2 Å². The van der Waals surface area contributed by atoms with Gasteiger partial charge in [-0.15, -0.1) is 0 Å². The van der Waals surface area contributed by atoms with Crippen molar-refractivity contribution in [3.05, 3.63) is 59.7 Å². The molecule has 0 aliphatic rings. The highest BCUT2D eigenvalue weighted by Crippen LogP contribution is 2.25. The van der Waals surface area contributed by atoms with Gasteiger partial charge in [-0.2, -0.15) is 0 Å². The van der Waals surface area contributed by atoms with Gasteiger partial charge in [-0.3, -0.25) is 0 Å². The van der Waals surface area contributed by atoms with Crippen LogP contribution in [0.2, 0.25) is 0 Å². The summed E-state index contributed by atoms with van der Waals surface area (Å²) < 4.78 is 10.3. The van der Waals surface area contributed by atoms with Crippen molar-refractivity contribution >= 4 is 0 Å². The third-order valence-corrected chi connectivity index (χ3v) is 3.52. The quantitative estimate of drug-likeness (QED) is 0.727. The molecule has 2 heteroatoms. The van der Waals surface area contributed by atoms with Crippen molar-refractivity contribution in [2.45, 2.75) is 39.5 Å². The van der Waals surface area contributed by atoms with Crippen LogP contribution < -0.4 is 9.47 Å². The van der Waals surface area contributed by atoms with Crippen LogP contribution in [0, 0.1) is 0 Å². The fraction of sp³-hybridized carbons (Fsp3) is 0.400. The van der Waals surface area contributed by atoms with Crippen LogP contribution >= 0.6 is 0 Å². The maximum Gasteiger partial charge on any atom is 0.122 e. The highest BCUT2D eigenvalue weighted by molar-refractivity contribution is 5.35. The van der Waals surface area contributed by atoms with Crippen LogP contribution in [0.3, 0.4) is 0 Å². The van der Waals surface area contributed by atoms with Gasteiger partial charge in [0.2, 0.25) is 0 Å². The van der Waals surface area contributed by atoms with E-state index in [4.69, 9.17) is 9.47 Å². The fourth-order valence-corrected chi connectivity index (χ4v) is 2.14. The predicted octanol–water partition coefficient (Wildman–Crippen LogP) is 5.64. The Labute approximate surface area is 135 Å². The highest BCUT2D eigenvalue weighted by atomic mass is 16.5. The van der Waals surface area contributed by atoms with Crippen LogP contribution in [0.1, 0.15) is 50.7 Å². The molecule has 0 unspecified atom stereocenters. The number of para-hydroxylation sites is 1. The molecule has 0 bridgehead atoms. The molecule has 0 aliphatic carbocycles. The van der Waals surface area contributed by atoms with Crippen molar-refractivity contribution in [2.75, 3.05) is 14.2 Å². The summed E-state index contributed by atoms with van der Waals surface area (Å²) in [6, 6.07) is 16.3. The molecule has 0 amide bonds. The monoisotopic (exact) mass is 300 g/mol. The highest BCUT2D eigenvalue weighted by Gasteiger charge is 2.04. The minimum absolute atomic E-state index is 0.533. The average Bonchev–Trinajstić information content (AvgIpc) is 2.55. The summed E-state index contributed by atoms with van der Waals surface area (Å²) in [5.74, 6) is 3.04. The number of benzene rings is 2. The van der Waals surface area contributed by atoms with E-state index in [1.165, 1.54) is 11.1 Å². The Kier molecular flexibility index (Phi) is 7.51. The first kappa shape index (κ1) is 18.1. The number of methoxy groups -OCH3 is 2. The zero-order chi connectivity index (χ0) is 16.5. The van der Waals surface area contributed by atoms with E-state index < -0.39 is 0 Å². The normalized spacial score (nSPS) is 10.2. The molecular weight excluding hydrogens is 272 g/mol. The third-order valence-electron chi connectivity index (χ3n) is 3.52. The lowest BCUT2D eigenvalue weighted by molar-refractivity contribution is 0.407. The summed E-state index contributed by atoms with van der Waals surface area (Å²) in [4.78, 5) is 0. The molecular formula is C20H28O2. The summed E-state index contributed by atoms with van der Waals surface area (Å²) in [6.07, 6.45) is 0. The lowest BCUT2D eigenvalue weighted by atomic mass is 10.0. The van der Waals surface area contributed by atoms with Crippen LogP contribution in [0.25, 0.3) is 0 Å². The smallest absolute Gasteiger partial charge is 0.122 e. The van der Waals surface area contributed by atoms with Gasteiger partial charge in [-0.1, -0.05) is 58.0 Å². The molecule has 0 heterocycles. The molecule has 0 atom stereocenters. The number of rotatable bonds is 4. The first-order valence-electron chi connectivity index (χ1n) is 7.76.